The van der Waals surface area contributed by atoms with Gasteiger partial charge in [0.1, 0.15) is 12.4 Å². The van der Waals surface area contributed by atoms with E-state index in [0.29, 0.717) is 10.9 Å². The van der Waals surface area contributed by atoms with Crippen LogP contribution in [-0.4, -0.2) is 45.5 Å². The first-order valence-electron chi connectivity index (χ1n) is 4.86. The molecule has 0 bridgehead atoms. The second-order valence-electron chi connectivity index (χ2n) is 3.25. The Morgan fingerprint density at radius 1 is 1.65 bits per heavy atom. The van der Waals surface area contributed by atoms with Crippen molar-refractivity contribution in [2.75, 3.05) is 12.9 Å². The zero-order chi connectivity index (χ0) is 12.8. The second-order valence-corrected chi connectivity index (χ2v) is 4.24. The minimum Gasteiger partial charge on any atom is -0.467 e. The molecule has 94 valence electrons. The van der Waals surface area contributed by atoms with Gasteiger partial charge < -0.3 is 10.1 Å². The van der Waals surface area contributed by atoms with E-state index in [9.17, 15) is 9.59 Å². The molecule has 1 N–H and O–H groups in total. The van der Waals surface area contributed by atoms with Crippen molar-refractivity contribution in [2.45, 2.75) is 18.1 Å². The number of hydrogen-bond donors (Lipinski definition) is 1. The number of carbonyl (C=O) groups excluding carboxylic acids is 2. The van der Waals surface area contributed by atoms with Crippen LogP contribution in [0.3, 0.4) is 0 Å². The highest BCUT2D eigenvalue weighted by molar-refractivity contribution is 7.99. The van der Waals surface area contributed by atoms with E-state index in [-0.39, 0.29) is 5.91 Å². The summed E-state index contributed by atoms with van der Waals surface area (Å²) < 4.78 is 6.19. The average molecular weight is 258 g/mol. The second kappa shape index (κ2) is 6.24. The summed E-state index contributed by atoms with van der Waals surface area (Å²) in [6.07, 6.45) is 1.42. The van der Waals surface area contributed by atoms with Crippen LogP contribution in [0.4, 0.5) is 0 Å². The van der Waals surface area contributed by atoms with E-state index < -0.39 is 12.0 Å². The predicted molar refractivity (Wildman–Crippen MR) is 61.3 cm³/mol. The molecule has 1 rings (SSSR count). The molecule has 1 atom stereocenters. The molecule has 1 aromatic rings. The number of amides is 1. The monoisotopic (exact) mass is 258 g/mol. The maximum absolute atomic E-state index is 11.4. The number of thioether (sulfide) groups is 1. The standard InChI is InChI=1S/C9H14N4O3S/c1-6(14)12-7(8(15)16-3)4-17-9-10-5-11-13(9)2/h5,7H,4H2,1-3H3,(H,12,14). The fraction of sp³-hybridized carbons (Fsp3) is 0.556. The molecule has 0 radical (unpaired) electrons. The Hall–Kier alpha value is -1.57. The quantitative estimate of drug-likeness (QED) is 0.570. The van der Waals surface area contributed by atoms with Gasteiger partial charge in [0.25, 0.3) is 0 Å². The lowest BCUT2D eigenvalue weighted by Crippen LogP contribution is -2.42. The summed E-state index contributed by atoms with van der Waals surface area (Å²) in [7, 11) is 3.03. The molecule has 0 fully saturated rings. The number of rotatable bonds is 5. The van der Waals surface area contributed by atoms with E-state index in [2.05, 4.69) is 20.1 Å². The number of esters is 1. The molecule has 7 nitrogen and oxygen atoms in total. The van der Waals surface area contributed by atoms with Crippen LogP contribution in [0.1, 0.15) is 6.92 Å². The van der Waals surface area contributed by atoms with Crippen molar-refractivity contribution in [3.8, 4) is 0 Å². The fourth-order valence-electron chi connectivity index (χ4n) is 1.13. The van der Waals surface area contributed by atoms with Crippen LogP contribution in [0.15, 0.2) is 11.5 Å². The smallest absolute Gasteiger partial charge is 0.329 e. The lowest BCUT2D eigenvalue weighted by Gasteiger charge is -2.14. The van der Waals surface area contributed by atoms with Gasteiger partial charge in [-0.3, -0.25) is 4.79 Å². The minimum absolute atomic E-state index is 0.279. The Bertz CT molecular complexity index is 407. The number of carbonyl (C=O) groups is 2. The van der Waals surface area contributed by atoms with Gasteiger partial charge in [0.05, 0.1) is 7.11 Å². The summed E-state index contributed by atoms with van der Waals surface area (Å²) in [5.74, 6) is -0.410. The Balaban J connectivity index is 2.58. The van der Waals surface area contributed by atoms with Gasteiger partial charge in [0.15, 0.2) is 5.16 Å². The van der Waals surface area contributed by atoms with Gasteiger partial charge in [-0.15, -0.1) is 0 Å². The average Bonchev–Trinajstić information content (AvgIpc) is 2.68. The number of aryl methyl sites for hydroxylation is 1. The molecule has 1 heterocycles. The van der Waals surface area contributed by atoms with Crippen LogP contribution in [0.5, 0.6) is 0 Å². The summed E-state index contributed by atoms with van der Waals surface area (Å²) >= 11 is 1.32. The van der Waals surface area contributed by atoms with Crippen LogP contribution in [0, 0.1) is 0 Å². The highest BCUT2D eigenvalue weighted by Crippen LogP contribution is 2.14. The van der Waals surface area contributed by atoms with Crippen LogP contribution in [-0.2, 0) is 21.4 Å². The molecule has 0 aromatic carbocycles. The number of nitrogens with zero attached hydrogens (tertiary/aromatic N) is 3. The van der Waals surface area contributed by atoms with E-state index in [4.69, 9.17) is 0 Å². The van der Waals surface area contributed by atoms with Gasteiger partial charge in [-0.05, 0) is 0 Å². The number of nitrogens with one attached hydrogen (secondary N) is 1. The molecule has 0 aliphatic rings. The van der Waals surface area contributed by atoms with Crippen molar-refractivity contribution in [3.63, 3.8) is 0 Å². The van der Waals surface area contributed by atoms with Gasteiger partial charge in [-0.2, -0.15) is 5.10 Å². The molecule has 1 amide bonds. The maximum Gasteiger partial charge on any atom is 0.329 e. The molecular weight excluding hydrogens is 244 g/mol. The summed E-state index contributed by atoms with van der Waals surface area (Å²) in [5.41, 5.74) is 0. The first-order valence-corrected chi connectivity index (χ1v) is 5.85. The Labute approximate surface area is 103 Å². The number of hydrogen-bond acceptors (Lipinski definition) is 6. The molecule has 0 aliphatic carbocycles. The van der Waals surface area contributed by atoms with Crippen molar-refractivity contribution in [1.29, 1.82) is 0 Å². The van der Waals surface area contributed by atoms with Gasteiger partial charge >= 0.3 is 5.97 Å². The fourth-order valence-corrected chi connectivity index (χ4v) is 2.02. The SMILES string of the molecule is COC(=O)C(CSc1ncnn1C)NC(C)=O. The first kappa shape index (κ1) is 13.5. The zero-order valence-electron chi connectivity index (χ0n) is 9.84. The lowest BCUT2D eigenvalue weighted by molar-refractivity contribution is -0.144. The largest absolute Gasteiger partial charge is 0.467 e. The highest BCUT2D eigenvalue weighted by Gasteiger charge is 2.21. The predicted octanol–water partition coefficient (Wildman–Crippen LogP) is -0.415. The van der Waals surface area contributed by atoms with Crippen LogP contribution in [0.2, 0.25) is 0 Å². The molecule has 0 spiro atoms. The summed E-state index contributed by atoms with van der Waals surface area (Å²) in [6.45, 7) is 1.35. The van der Waals surface area contributed by atoms with Gasteiger partial charge in [-0.1, -0.05) is 11.8 Å². The van der Waals surface area contributed by atoms with E-state index in [1.165, 1.54) is 32.1 Å². The topological polar surface area (TPSA) is 86.1 Å². The molecule has 0 saturated carbocycles. The molecule has 0 saturated heterocycles. The Kier molecular flexibility index (Phi) is 4.95. The summed E-state index contributed by atoms with van der Waals surface area (Å²) in [5, 5.41) is 7.09. The third kappa shape index (κ3) is 4.06. The van der Waals surface area contributed by atoms with Crippen LogP contribution >= 0.6 is 11.8 Å². The maximum atomic E-state index is 11.4. The molecule has 0 aliphatic heterocycles. The molecule has 17 heavy (non-hydrogen) atoms. The Morgan fingerprint density at radius 3 is 2.82 bits per heavy atom. The summed E-state index contributed by atoms with van der Waals surface area (Å²) in [6, 6.07) is -0.681. The molecule has 8 heteroatoms. The Morgan fingerprint density at radius 2 is 2.35 bits per heavy atom. The van der Waals surface area contributed by atoms with Gasteiger partial charge in [0, 0.05) is 19.7 Å². The van der Waals surface area contributed by atoms with Crippen LogP contribution < -0.4 is 5.32 Å². The van der Waals surface area contributed by atoms with Gasteiger partial charge in [0.2, 0.25) is 5.91 Å². The van der Waals surface area contributed by atoms with Crippen molar-refractivity contribution in [2.24, 2.45) is 7.05 Å². The van der Waals surface area contributed by atoms with Gasteiger partial charge in [-0.25, -0.2) is 14.5 Å². The number of aromatic nitrogens is 3. The third-order valence-electron chi connectivity index (χ3n) is 1.91. The van der Waals surface area contributed by atoms with Crippen LogP contribution in [0.25, 0.3) is 0 Å². The third-order valence-corrected chi connectivity index (χ3v) is 3.04. The summed E-state index contributed by atoms with van der Waals surface area (Å²) in [4.78, 5) is 26.3. The van der Waals surface area contributed by atoms with Crippen molar-refractivity contribution >= 4 is 23.6 Å². The van der Waals surface area contributed by atoms with E-state index in [1.54, 1.807) is 11.7 Å². The molecule has 1 aromatic heterocycles. The first-order chi connectivity index (χ1) is 8.04. The van der Waals surface area contributed by atoms with Crippen molar-refractivity contribution < 1.29 is 14.3 Å². The van der Waals surface area contributed by atoms with Crippen molar-refractivity contribution in [3.05, 3.63) is 6.33 Å². The van der Waals surface area contributed by atoms with E-state index in [0.717, 1.165) is 0 Å². The number of ether oxygens (including phenoxy) is 1. The highest BCUT2D eigenvalue weighted by atomic mass is 32.2. The van der Waals surface area contributed by atoms with E-state index in [1.807, 2.05) is 0 Å². The molecule has 1 unspecified atom stereocenters. The zero-order valence-corrected chi connectivity index (χ0v) is 10.7. The van der Waals surface area contributed by atoms with Crippen molar-refractivity contribution in [1.82, 2.24) is 20.1 Å². The minimum atomic E-state index is -0.681. The number of methoxy groups -OCH3 is 1. The normalized spacial score (nSPS) is 11.9. The lowest BCUT2D eigenvalue weighted by atomic mass is 10.3. The molecular formula is C9H14N4O3S. The van der Waals surface area contributed by atoms with E-state index >= 15 is 0 Å².